The number of carbonyl (C=O) groups excluding carboxylic acids is 4. The van der Waals surface area contributed by atoms with Gasteiger partial charge in [0.2, 0.25) is 23.6 Å². The number of carboxylic acid groups (broad SMARTS) is 3. The second-order valence-corrected chi connectivity index (χ2v) is 16.4. The molecular weight excluding hydrogens is 785 g/mol. The highest BCUT2D eigenvalue weighted by Crippen LogP contribution is 2.15. The molecular formula is C43H82BN7O10. The summed E-state index contributed by atoms with van der Waals surface area (Å²) in [4.78, 5) is 82.5. The Bertz CT molecular complexity index is 1230. The Hall–Kier alpha value is -3.77. The van der Waals surface area contributed by atoms with Crippen LogP contribution in [0.4, 0.5) is 0 Å². The minimum absolute atomic E-state index is 0.0113. The van der Waals surface area contributed by atoms with Gasteiger partial charge in [-0.3, -0.25) is 28.8 Å². The van der Waals surface area contributed by atoms with Crippen molar-refractivity contribution in [2.24, 2.45) is 11.5 Å². The van der Waals surface area contributed by atoms with Crippen LogP contribution in [-0.4, -0.2) is 109 Å². The highest BCUT2D eigenvalue weighted by molar-refractivity contribution is 6.06. The Labute approximate surface area is 365 Å². The van der Waals surface area contributed by atoms with Gasteiger partial charge in [0.15, 0.2) is 7.98 Å². The number of amides is 4. The first-order valence-electron chi connectivity index (χ1n) is 23.3. The Morgan fingerprint density at radius 1 is 0.410 bits per heavy atom. The van der Waals surface area contributed by atoms with E-state index in [9.17, 15) is 38.7 Å². The van der Waals surface area contributed by atoms with Crippen molar-refractivity contribution in [1.29, 1.82) is 0 Å². The van der Waals surface area contributed by atoms with Crippen molar-refractivity contribution in [1.82, 2.24) is 26.5 Å². The summed E-state index contributed by atoms with van der Waals surface area (Å²) >= 11 is 0. The van der Waals surface area contributed by atoms with Gasteiger partial charge >= 0.3 is 17.9 Å². The second kappa shape index (κ2) is 39.1. The van der Waals surface area contributed by atoms with E-state index in [-0.39, 0.29) is 49.3 Å². The molecule has 0 rings (SSSR count). The largest absolute Gasteiger partial charge is 0.481 e. The van der Waals surface area contributed by atoms with Crippen LogP contribution >= 0.6 is 0 Å². The van der Waals surface area contributed by atoms with E-state index in [1.165, 1.54) is 57.8 Å². The average molecular weight is 868 g/mol. The Morgan fingerprint density at radius 2 is 0.787 bits per heavy atom. The molecule has 0 heterocycles. The van der Waals surface area contributed by atoms with Crippen LogP contribution in [0.25, 0.3) is 0 Å². The second-order valence-electron chi connectivity index (χ2n) is 16.4. The summed E-state index contributed by atoms with van der Waals surface area (Å²) < 4.78 is 0. The van der Waals surface area contributed by atoms with Gasteiger partial charge in [0, 0.05) is 38.9 Å². The van der Waals surface area contributed by atoms with Crippen LogP contribution in [0.1, 0.15) is 186 Å². The summed E-state index contributed by atoms with van der Waals surface area (Å²) in [5.41, 5.74) is 12.0. The maximum atomic E-state index is 12.4. The summed E-state index contributed by atoms with van der Waals surface area (Å²) in [7, 11) is 1.60. The lowest BCUT2D eigenvalue weighted by Crippen LogP contribution is -2.42. The Kier molecular flexibility index (Phi) is 36.7. The van der Waals surface area contributed by atoms with E-state index in [4.69, 9.17) is 21.7 Å². The van der Waals surface area contributed by atoms with Crippen molar-refractivity contribution in [3.05, 3.63) is 0 Å². The fourth-order valence-corrected chi connectivity index (χ4v) is 6.94. The zero-order chi connectivity index (χ0) is 45.5. The zero-order valence-corrected chi connectivity index (χ0v) is 37.3. The van der Waals surface area contributed by atoms with E-state index in [2.05, 4.69) is 26.5 Å². The van der Waals surface area contributed by atoms with Gasteiger partial charge in [0.1, 0.15) is 6.04 Å². The molecule has 352 valence electrons. The fraction of sp³-hybridized carbons (Fsp3) is 0.837. The van der Waals surface area contributed by atoms with E-state index in [1.807, 2.05) is 0 Å². The molecule has 0 aromatic carbocycles. The molecule has 0 aliphatic carbocycles. The van der Waals surface area contributed by atoms with Crippen LogP contribution < -0.4 is 38.0 Å². The monoisotopic (exact) mass is 868 g/mol. The van der Waals surface area contributed by atoms with Crippen molar-refractivity contribution in [2.45, 2.75) is 210 Å². The molecule has 0 radical (unpaired) electrons. The number of rotatable bonds is 43. The molecule has 12 N–H and O–H groups in total. The lowest BCUT2D eigenvalue weighted by molar-refractivity contribution is -0.142. The first-order chi connectivity index (χ1) is 29.3. The van der Waals surface area contributed by atoms with E-state index >= 15 is 0 Å². The summed E-state index contributed by atoms with van der Waals surface area (Å²) in [6.07, 6.45) is 23.4. The van der Waals surface area contributed by atoms with E-state index in [0.717, 1.165) is 38.5 Å². The van der Waals surface area contributed by atoms with Crippen LogP contribution in [0.5, 0.6) is 0 Å². The summed E-state index contributed by atoms with van der Waals surface area (Å²) in [6.45, 7) is 1.18. The number of hydrogen-bond donors (Lipinski definition) is 10. The molecule has 0 aromatic rings. The number of nitrogens with one attached hydrogen (secondary N) is 5. The molecule has 4 atom stereocenters. The molecule has 4 amide bonds. The van der Waals surface area contributed by atoms with E-state index in [0.29, 0.717) is 83.8 Å². The van der Waals surface area contributed by atoms with Crippen molar-refractivity contribution in [3.8, 4) is 0 Å². The Balaban J connectivity index is 3.85. The molecule has 61 heavy (non-hydrogen) atoms. The smallest absolute Gasteiger partial charge is 0.326 e. The highest BCUT2D eigenvalue weighted by atomic mass is 16.4. The van der Waals surface area contributed by atoms with Gasteiger partial charge in [0.05, 0.1) is 18.1 Å². The fourth-order valence-electron chi connectivity index (χ4n) is 6.94. The van der Waals surface area contributed by atoms with Crippen molar-refractivity contribution >= 4 is 49.5 Å². The van der Waals surface area contributed by atoms with Gasteiger partial charge in [-0.2, -0.15) is 0 Å². The molecule has 0 spiro atoms. The maximum absolute atomic E-state index is 12.4. The normalized spacial score (nSPS) is 13.1. The van der Waals surface area contributed by atoms with E-state index < -0.39 is 42.1 Å². The molecule has 0 saturated heterocycles. The van der Waals surface area contributed by atoms with Crippen molar-refractivity contribution < 1.29 is 48.9 Å². The molecule has 0 fully saturated rings. The number of unbranched alkanes of at least 4 members (excludes halogenated alkanes) is 18. The van der Waals surface area contributed by atoms with Crippen LogP contribution in [0.15, 0.2) is 0 Å². The molecule has 17 nitrogen and oxygen atoms in total. The SMILES string of the molecule is BN[C@@H](CCCCNC(=O)[C@@H](N)CCCCNC(=O)[C@@H](N)CCCCNC(=O)CC[C@H](NC(=O)CCCCCCCCCCCCCCCCCCC(=O)O)C(=O)O)C(=O)O. The minimum Gasteiger partial charge on any atom is -0.481 e. The molecule has 0 unspecified atom stereocenters. The number of hydrogen-bond acceptors (Lipinski definition) is 10. The van der Waals surface area contributed by atoms with Gasteiger partial charge in [0.25, 0.3) is 0 Å². The van der Waals surface area contributed by atoms with Gasteiger partial charge < -0.3 is 53.3 Å². The third-order valence-corrected chi connectivity index (χ3v) is 10.9. The van der Waals surface area contributed by atoms with Crippen LogP contribution in [0, 0.1) is 0 Å². The molecule has 0 bridgehead atoms. The molecule has 0 aliphatic heterocycles. The molecule has 0 saturated carbocycles. The molecule has 0 aromatic heterocycles. The standard InChI is InChI=1S/C43H82BN7O10/c44-51-36(43(60)61)25-19-22-32-49-41(57)34(46)24-18-21-31-48-40(56)33(45)23-17-20-30-47-37(52)29-28-35(42(58)59)50-38(53)26-15-13-11-9-7-5-3-1-2-4-6-8-10-12-14-16-27-39(54)55/h33-36,51H,1-32,44-46H2,(H,47,52)(H,48,56)(H,49,57)(H,50,53)(H,54,55)(H,58,59)(H,60,61)/t33-,34-,35-,36-/m0/s1. The van der Waals surface area contributed by atoms with Gasteiger partial charge in [-0.05, 0) is 77.0 Å². The quantitative estimate of drug-likeness (QED) is 0.0310. The van der Waals surface area contributed by atoms with Gasteiger partial charge in [-0.1, -0.05) is 89.9 Å². The Morgan fingerprint density at radius 3 is 1.18 bits per heavy atom. The third-order valence-electron chi connectivity index (χ3n) is 10.9. The number of carbonyl (C=O) groups is 7. The van der Waals surface area contributed by atoms with Crippen molar-refractivity contribution in [3.63, 3.8) is 0 Å². The predicted octanol–water partition coefficient (Wildman–Crippen LogP) is 3.55. The highest BCUT2D eigenvalue weighted by Gasteiger charge is 2.21. The number of aliphatic carboxylic acids is 3. The molecule has 0 aliphatic rings. The minimum atomic E-state index is -1.17. The van der Waals surface area contributed by atoms with Crippen LogP contribution in [0.2, 0.25) is 0 Å². The topological polar surface area (TPSA) is 292 Å². The van der Waals surface area contributed by atoms with Crippen molar-refractivity contribution in [2.75, 3.05) is 19.6 Å². The van der Waals surface area contributed by atoms with Gasteiger partial charge in [-0.25, -0.2) is 4.79 Å². The van der Waals surface area contributed by atoms with Crippen LogP contribution in [0.3, 0.4) is 0 Å². The number of nitrogens with two attached hydrogens (primary N) is 2. The predicted molar refractivity (Wildman–Crippen MR) is 239 cm³/mol. The first kappa shape index (κ1) is 57.2. The summed E-state index contributed by atoms with van der Waals surface area (Å²) in [5.74, 6) is -3.95. The summed E-state index contributed by atoms with van der Waals surface area (Å²) in [5, 5.41) is 40.9. The van der Waals surface area contributed by atoms with Crippen LogP contribution in [-0.2, 0) is 33.6 Å². The molecule has 18 heteroatoms. The van der Waals surface area contributed by atoms with Gasteiger partial charge in [-0.15, -0.1) is 0 Å². The third kappa shape index (κ3) is 35.5. The number of carboxylic acids is 3. The lowest BCUT2D eigenvalue weighted by atomic mass is 10.0. The summed E-state index contributed by atoms with van der Waals surface area (Å²) in [6, 6.07) is -3.11. The van der Waals surface area contributed by atoms with E-state index in [1.54, 1.807) is 7.98 Å². The zero-order valence-electron chi connectivity index (χ0n) is 37.3. The average Bonchev–Trinajstić information content (AvgIpc) is 3.22. The maximum Gasteiger partial charge on any atom is 0.326 e. The lowest BCUT2D eigenvalue weighted by Gasteiger charge is -2.15. The first-order valence-corrected chi connectivity index (χ1v) is 23.3.